The third kappa shape index (κ3) is 3.17. The third-order valence-electron chi connectivity index (χ3n) is 2.46. The Hall–Kier alpha value is 0.310. The Labute approximate surface area is 91.0 Å². The van der Waals surface area contributed by atoms with Crippen molar-refractivity contribution in [3.8, 4) is 0 Å². The third-order valence-corrected chi connectivity index (χ3v) is 8.28. The van der Waals surface area contributed by atoms with E-state index in [1.54, 1.807) is 0 Å². The molecule has 0 saturated carbocycles. The lowest BCUT2D eigenvalue weighted by Crippen LogP contribution is -1.93. The first kappa shape index (κ1) is 11.4. The first-order valence-corrected chi connectivity index (χ1v) is 8.75. The SMILES string of the molecule is CCCCCCS1(Br)C=CC=C1C. The molecule has 1 aliphatic rings. The normalized spacial score (nSPS) is 31.5. The van der Waals surface area contributed by atoms with Gasteiger partial charge in [0.05, 0.1) is 0 Å². The summed E-state index contributed by atoms with van der Waals surface area (Å²) in [6.07, 6.45) is 9.90. The van der Waals surface area contributed by atoms with Crippen LogP contribution in [0.3, 0.4) is 0 Å². The minimum atomic E-state index is -0.670. The Bertz CT molecular complexity index is 220. The van der Waals surface area contributed by atoms with Crippen LogP contribution in [0.2, 0.25) is 0 Å². The Balaban J connectivity index is 2.28. The van der Waals surface area contributed by atoms with Crippen molar-refractivity contribution in [2.75, 3.05) is 5.75 Å². The number of hydrogen-bond donors (Lipinski definition) is 0. The van der Waals surface area contributed by atoms with Gasteiger partial charge in [0.2, 0.25) is 0 Å². The van der Waals surface area contributed by atoms with Crippen LogP contribution in [0.15, 0.2) is 22.5 Å². The van der Waals surface area contributed by atoms with E-state index in [2.05, 4.69) is 46.2 Å². The molecule has 1 atom stereocenters. The summed E-state index contributed by atoms with van der Waals surface area (Å²) in [5, 5.41) is 2.36. The number of halogens is 1. The Morgan fingerprint density at radius 2 is 2.08 bits per heavy atom. The van der Waals surface area contributed by atoms with Crippen molar-refractivity contribution in [3.63, 3.8) is 0 Å². The maximum atomic E-state index is 3.89. The molecule has 1 rings (SSSR count). The van der Waals surface area contributed by atoms with Gasteiger partial charge in [-0.25, -0.2) is 0 Å². The van der Waals surface area contributed by atoms with Crippen molar-refractivity contribution >= 4 is 23.3 Å². The molecule has 0 spiro atoms. The fourth-order valence-electron chi connectivity index (χ4n) is 1.49. The van der Waals surface area contributed by atoms with Crippen LogP contribution in [0.5, 0.6) is 0 Å². The number of hydrogen-bond acceptors (Lipinski definition) is 0. The lowest BCUT2D eigenvalue weighted by Gasteiger charge is -2.27. The highest BCUT2D eigenvalue weighted by atomic mass is 79.9. The highest BCUT2D eigenvalue weighted by Gasteiger charge is 2.21. The average Bonchev–Trinajstić information content (AvgIpc) is 2.42. The van der Waals surface area contributed by atoms with E-state index in [4.69, 9.17) is 0 Å². The van der Waals surface area contributed by atoms with Gasteiger partial charge in [-0.3, -0.25) is 0 Å². The molecule has 0 amide bonds. The zero-order valence-corrected chi connectivity index (χ0v) is 11.0. The van der Waals surface area contributed by atoms with Gasteiger partial charge in [-0.15, -0.1) is 8.46 Å². The maximum Gasteiger partial charge on any atom is -0.00628 e. The highest BCUT2D eigenvalue weighted by Crippen LogP contribution is 2.66. The molecule has 0 fully saturated rings. The van der Waals surface area contributed by atoms with Crippen molar-refractivity contribution < 1.29 is 0 Å². The maximum absolute atomic E-state index is 3.89. The summed E-state index contributed by atoms with van der Waals surface area (Å²) in [5.74, 6) is 1.33. The van der Waals surface area contributed by atoms with Crippen LogP contribution in [0.4, 0.5) is 0 Å². The van der Waals surface area contributed by atoms with E-state index in [-0.39, 0.29) is 0 Å². The molecule has 0 aliphatic carbocycles. The van der Waals surface area contributed by atoms with Crippen molar-refractivity contribution in [2.45, 2.75) is 39.5 Å². The van der Waals surface area contributed by atoms with E-state index in [1.807, 2.05) is 0 Å². The Morgan fingerprint density at radius 3 is 2.62 bits per heavy atom. The van der Waals surface area contributed by atoms with Crippen molar-refractivity contribution in [1.29, 1.82) is 0 Å². The monoisotopic (exact) mass is 262 g/mol. The molecule has 0 aromatic rings. The summed E-state index contributed by atoms with van der Waals surface area (Å²) in [5.41, 5.74) is 0. The van der Waals surface area contributed by atoms with E-state index in [1.165, 1.54) is 36.3 Å². The second kappa shape index (κ2) is 5.26. The summed E-state index contributed by atoms with van der Waals surface area (Å²) < 4.78 is 0. The zero-order valence-electron chi connectivity index (χ0n) is 8.55. The predicted octanol–water partition coefficient (Wildman–Crippen LogP) is 5.11. The summed E-state index contributed by atoms with van der Waals surface area (Å²) in [4.78, 5) is 1.53. The van der Waals surface area contributed by atoms with Crippen LogP contribution >= 0.6 is 23.3 Å². The molecular formula is C11H19BrS. The molecule has 2 heteroatoms. The quantitative estimate of drug-likeness (QED) is 0.604. The molecule has 0 N–H and O–H groups in total. The summed E-state index contributed by atoms with van der Waals surface area (Å²) in [7, 11) is -0.670. The van der Waals surface area contributed by atoms with Crippen LogP contribution in [0.1, 0.15) is 39.5 Å². The smallest absolute Gasteiger partial charge is 0.00628 e. The van der Waals surface area contributed by atoms with Gasteiger partial charge < -0.3 is 0 Å². The van der Waals surface area contributed by atoms with Gasteiger partial charge in [-0.1, -0.05) is 38.3 Å². The van der Waals surface area contributed by atoms with Gasteiger partial charge in [0.15, 0.2) is 0 Å². The number of unbranched alkanes of at least 4 members (excludes halogenated alkanes) is 3. The van der Waals surface area contributed by atoms with Crippen LogP contribution in [0.25, 0.3) is 0 Å². The molecule has 0 bridgehead atoms. The zero-order chi connectivity index (χ0) is 9.73. The first-order valence-electron chi connectivity index (χ1n) is 5.05. The summed E-state index contributed by atoms with van der Waals surface area (Å²) in [6, 6.07) is 0. The first-order chi connectivity index (χ1) is 6.19. The minimum absolute atomic E-state index is 0.670. The fraction of sp³-hybridized carbons (Fsp3) is 0.636. The van der Waals surface area contributed by atoms with Gasteiger partial charge >= 0.3 is 0 Å². The van der Waals surface area contributed by atoms with E-state index in [9.17, 15) is 0 Å². The molecule has 1 heterocycles. The van der Waals surface area contributed by atoms with Crippen LogP contribution in [-0.2, 0) is 0 Å². The lowest BCUT2D eigenvalue weighted by molar-refractivity contribution is 0.706. The fourth-order valence-corrected chi connectivity index (χ4v) is 4.80. The molecule has 13 heavy (non-hydrogen) atoms. The van der Waals surface area contributed by atoms with Gasteiger partial charge in [-0.05, 0) is 44.2 Å². The summed E-state index contributed by atoms with van der Waals surface area (Å²) >= 11 is 3.89. The second-order valence-corrected chi connectivity index (χ2v) is 9.77. The van der Waals surface area contributed by atoms with Crippen LogP contribution in [-0.4, -0.2) is 5.75 Å². The van der Waals surface area contributed by atoms with E-state index < -0.39 is 8.46 Å². The average molecular weight is 263 g/mol. The second-order valence-electron chi connectivity index (χ2n) is 3.57. The molecule has 0 nitrogen and oxygen atoms in total. The van der Waals surface area contributed by atoms with Crippen LogP contribution in [0, 0.1) is 0 Å². The number of allylic oxidation sites excluding steroid dienone is 3. The van der Waals surface area contributed by atoms with Gasteiger partial charge in [0.25, 0.3) is 0 Å². The number of rotatable bonds is 5. The van der Waals surface area contributed by atoms with E-state index in [0.29, 0.717) is 0 Å². The molecule has 0 radical (unpaired) electrons. The Kier molecular flexibility index (Phi) is 4.60. The van der Waals surface area contributed by atoms with E-state index in [0.717, 1.165) is 0 Å². The largest absolute Gasteiger partial charge is 0.140 e. The van der Waals surface area contributed by atoms with Gasteiger partial charge in [-0.2, -0.15) is 0 Å². The molecule has 0 aromatic heterocycles. The lowest BCUT2D eigenvalue weighted by atomic mass is 10.2. The molecule has 0 saturated heterocycles. The van der Waals surface area contributed by atoms with Gasteiger partial charge in [0.1, 0.15) is 0 Å². The summed E-state index contributed by atoms with van der Waals surface area (Å²) in [6.45, 7) is 4.50. The van der Waals surface area contributed by atoms with Crippen LogP contribution < -0.4 is 0 Å². The molecule has 1 unspecified atom stereocenters. The van der Waals surface area contributed by atoms with E-state index >= 15 is 0 Å². The van der Waals surface area contributed by atoms with Crippen molar-refractivity contribution in [3.05, 3.63) is 22.5 Å². The topological polar surface area (TPSA) is 0 Å². The van der Waals surface area contributed by atoms with Crippen molar-refractivity contribution in [2.24, 2.45) is 0 Å². The standard InChI is InChI=1S/C11H19BrS/c1-3-4-5-6-9-13(12)10-7-8-11(13)2/h7-8,10H,3-6,9H2,1-2H3. The molecule has 76 valence electrons. The minimum Gasteiger partial charge on any atom is -0.140 e. The van der Waals surface area contributed by atoms with Crippen molar-refractivity contribution in [1.82, 2.24) is 0 Å². The highest BCUT2D eigenvalue weighted by molar-refractivity contribution is 9.59. The molecular weight excluding hydrogens is 244 g/mol. The molecule has 1 aliphatic heterocycles. The Morgan fingerprint density at radius 1 is 1.31 bits per heavy atom. The predicted molar refractivity (Wildman–Crippen MR) is 68.4 cm³/mol. The molecule has 0 aromatic carbocycles. The van der Waals surface area contributed by atoms with Gasteiger partial charge in [0, 0.05) is 0 Å².